The zero-order valence-electron chi connectivity index (χ0n) is 18.4. The molecule has 0 aliphatic carbocycles. The molecule has 0 aliphatic rings. The van der Waals surface area contributed by atoms with E-state index >= 15 is 0 Å². The van der Waals surface area contributed by atoms with Gasteiger partial charge >= 0.3 is 6.09 Å². The first-order chi connectivity index (χ1) is 15.2. The Morgan fingerprint density at radius 3 is 2.28 bits per heavy atom. The molecule has 3 aromatic rings. The fraction of sp³-hybridized carbons (Fsp3) is 0.217. The quantitative estimate of drug-likeness (QED) is 0.445. The van der Waals surface area contributed by atoms with E-state index in [1.807, 2.05) is 30.3 Å². The summed E-state index contributed by atoms with van der Waals surface area (Å²) in [4.78, 5) is 33.1. The summed E-state index contributed by atoms with van der Waals surface area (Å²) in [5, 5.41) is 11.5. The Morgan fingerprint density at radius 2 is 1.59 bits per heavy atom. The van der Waals surface area contributed by atoms with E-state index in [2.05, 4.69) is 31.2 Å². The van der Waals surface area contributed by atoms with Crippen molar-refractivity contribution in [2.75, 3.05) is 23.0 Å². The zero-order chi connectivity index (χ0) is 23.1. The van der Waals surface area contributed by atoms with Gasteiger partial charge in [0.15, 0.2) is 0 Å². The molecule has 1 aromatic heterocycles. The van der Waals surface area contributed by atoms with E-state index in [0.29, 0.717) is 23.1 Å². The van der Waals surface area contributed by atoms with Gasteiger partial charge in [-0.25, -0.2) is 9.78 Å². The molecule has 166 valence electrons. The molecule has 0 radical (unpaired) electrons. The fourth-order valence-corrected chi connectivity index (χ4v) is 2.72. The van der Waals surface area contributed by atoms with E-state index in [1.54, 1.807) is 45.0 Å². The second kappa shape index (κ2) is 9.78. The summed E-state index contributed by atoms with van der Waals surface area (Å²) >= 11 is 0. The van der Waals surface area contributed by atoms with Crippen LogP contribution in [-0.4, -0.2) is 34.6 Å². The Kier molecular flexibility index (Phi) is 6.89. The lowest BCUT2D eigenvalue weighted by Gasteiger charge is -2.20. The molecule has 0 unspecified atom stereocenters. The predicted octanol–water partition coefficient (Wildman–Crippen LogP) is 4.67. The molecule has 0 saturated carbocycles. The van der Waals surface area contributed by atoms with E-state index in [0.717, 1.165) is 5.69 Å². The van der Waals surface area contributed by atoms with Gasteiger partial charge in [-0.05, 0) is 51.1 Å². The molecule has 2 aromatic carbocycles. The average Bonchev–Trinajstić information content (AvgIpc) is 2.73. The lowest BCUT2D eigenvalue weighted by molar-refractivity contribution is 0.0635. The summed E-state index contributed by atoms with van der Waals surface area (Å²) in [7, 11) is 1.54. The van der Waals surface area contributed by atoms with Gasteiger partial charge in [0, 0.05) is 30.3 Å². The van der Waals surface area contributed by atoms with Gasteiger partial charge in [-0.15, -0.1) is 0 Å². The molecular weight excluding hydrogens is 408 g/mol. The number of nitrogens with one attached hydrogen (secondary N) is 4. The topological polar surface area (TPSA) is 117 Å². The van der Waals surface area contributed by atoms with Crippen molar-refractivity contribution in [1.29, 1.82) is 0 Å². The lowest BCUT2D eigenvalue weighted by atomic mass is 10.2. The maximum atomic E-state index is 12.3. The molecule has 2 amide bonds. The summed E-state index contributed by atoms with van der Waals surface area (Å²) in [6, 6.07) is 16.5. The third-order valence-electron chi connectivity index (χ3n) is 4.06. The van der Waals surface area contributed by atoms with Crippen molar-refractivity contribution >= 4 is 40.8 Å². The number of hydrogen-bond acceptors (Lipinski definition) is 7. The zero-order valence-corrected chi connectivity index (χ0v) is 18.4. The van der Waals surface area contributed by atoms with Crippen LogP contribution in [-0.2, 0) is 4.74 Å². The van der Waals surface area contributed by atoms with Crippen molar-refractivity contribution in [2.24, 2.45) is 0 Å². The molecular formula is C23H26N6O3. The van der Waals surface area contributed by atoms with Gasteiger partial charge < -0.3 is 20.7 Å². The van der Waals surface area contributed by atoms with Crippen LogP contribution in [0.25, 0.3) is 0 Å². The van der Waals surface area contributed by atoms with Crippen LogP contribution in [0.3, 0.4) is 0 Å². The van der Waals surface area contributed by atoms with Crippen LogP contribution in [0.5, 0.6) is 0 Å². The standard InChI is InChI=1S/C23H26N6O3/c1-23(2,3)32-22(31)28-17-12-8-11-16(13-17)26-19-18(20(30)24-4)14-25-21(29-19)27-15-9-6-5-7-10-15/h5-14H,1-4H3,(H,24,30)(H,28,31)(H2,25,26,27,29). The minimum atomic E-state index is -0.606. The van der Waals surface area contributed by atoms with Crippen molar-refractivity contribution in [1.82, 2.24) is 15.3 Å². The average molecular weight is 435 g/mol. The molecule has 1 heterocycles. The molecule has 9 nitrogen and oxygen atoms in total. The second-order valence-corrected chi connectivity index (χ2v) is 7.86. The highest BCUT2D eigenvalue weighted by Crippen LogP contribution is 2.24. The number of ether oxygens (including phenoxy) is 1. The number of aromatic nitrogens is 2. The molecule has 0 spiro atoms. The van der Waals surface area contributed by atoms with E-state index in [-0.39, 0.29) is 11.5 Å². The third kappa shape index (κ3) is 6.43. The number of amides is 2. The first-order valence-electron chi connectivity index (χ1n) is 10.0. The molecule has 0 saturated heterocycles. The number of rotatable bonds is 6. The minimum absolute atomic E-state index is 0.275. The molecule has 32 heavy (non-hydrogen) atoms. The molecule has 0 bridgehead atoms. The van der Waals surface area contributed by atoms with Gasteiger partial charge in [-0.3, -0.25) is 10.1 Å². The van der Waals surface area contributed by atoms with Crippen LogP contribution in [0.4, 0.5) is 33.6 Å². The number of carbonyl (C=O) groups excluding carboxylic acids is 2. The molecule has 0 fully saturated rings. The van der Waals surface area contributed by atoms with Gasteiger partial charge in [0.05, 0.1) is 0 Å². The van der Waals surface area contributed by atoms with E-state index in [4.69, 9.17) is 4.74 Å². The summed E-state index contributed by atoms with van der Waals surface area (Å²) < 4.78 is 5.28. The normalized spacial score (nSPS) is 10.8. The van der Waals surface area contributed by atoms with Crippen molar-refractivity contribution in [3.8, 4) is 0 Å². The number of anilines is 5. The fourth-order valence-electron chi connectivity index (χ4n) is 2.72. The first-order valence-corrected chi connectivity index (χ1v) is 10.0. The van der Waals surface area contributed by atoms with Crippen LogP contribution in [0, 0.1) is 0 Å². The molecule has 0 atom stereocenters. The largest absolute Gasteiger partial charge is 0.444 e. The molecule has 9 heteroatoms. The highest BCUT2D eigenvalue weighted by atomic mass is 16.6. The number of benzene rings is 2. The molecule has 4 N–H and O–H groups in total. The van der Waals surface area contributed by atoms with Gasteiger partial charge in [-0.1, -0.05) is 24.3 Å². The van der Waals surface area contributed by atoms with Gasteiger partial charge in [0.2, 0.25) is 5.95 Å². The van der Waals surface area contributed by atoms with Crippen molar-refractivity contribution in [3.05, 3.63) is 66.4 Å². The summed E-state index contributed by atoms with van der Waals surface area (Å²) in [5.41, 5.74) is 1.63. The Labute approximate surface area is 186 Å². The SMILES string of the molecule is CNC(=O)c1cnc(Nc2ccccc2)nc1Nc1cccc(NC(=O)OC(C)(C)C)c1. The van der Waals surface area contributed by atoms with Crippen LogP contribution < -0.4 is 21.3 Å². The van der Waals surface area contributed by atoms with E-state index in [9.17, 15) is 9.59 Å². The Morgan fingerprint density at radius 1 is 0.906 bits per heavy atom. The van der Waals surface area contributed by atoms with Gasteiger partial charge in [0.25, 0.3) is 5.91 Å². The molecule has 0 aliphatic heterocycles. The van der Waals surface area contributed by atoms with E-state index < -0.39 is 11.7 Å². The van der Waals surface area contributed by atoms with Crippen LogP contribution in [0.2, 0.25) is 0 Å². The maximum absolute atomic E-state index is 12.3. The van der Waals surface area contributed by atoms with Gasteiger partial charge in [-0.2, -0.15) is 4.98 Å². The van der Waals surface area contributed by atoms with Crippen molar-refractivity contribution < 1.29 is 14.3 Å². The first kappa shape index (κ1) is 22.5. The second-order valence-electron chi connectivity index (χ2n) is 7.86. The highest BCUT2D eigenvalue weighted by Gasteiger charge is 2.17. The lowest BCUT2D eigenvalue weighted by Crippen LogP contribution is -2.27. The van der Waals surface area contributed by atoms with Crippen molar-refractivity contribution in [3.63, 3.8) is 0 Å². The van der Waals surface area contributed by atoms with Crippen LogP contribution in [0.15, 0.2) is 60.8 Å². The summed E-state index contributed by atoms with van der Waals surface area (Å²) in [6.07, 6.45) is 0.888. The highest BCUT2D eigenvalue weighted by molar-refractivity contribution is 5.99. The minimum Gasteiger partial charge on any atom is -0.444 e. The van der Waals surface area contributed by atoms with Crippen LogP contribution >= 0.6 is 0 Å². The number of carbonyl (C=O) groups is 2. The third-order valence-corrected chi connectivity index (χ3v) is 4.06. The smallest absolute Gasteiger partial charge is 0.412 e. The Hall–Kier alpha value is -4.14. The Balaban J connectivity index is 1.84. The van der Waals surface area contributed by atoms with Crippen molar-refractivity contribution in [2.45, 2.75) is 26.4 Å². The molecule has 3 rings (SSSR count). The monoisotopic (exact) mass is 434 g/mol. The summed E-state index contributed by atoms with van der Waals surface area (Å²) in [6.45, 7) is 5.38. The number of nitrogens with zero attached hydrogens (tertiary/aromatic N) is 2. The van der Waals surface area contributed by atoms with Crippen LogP contribution in [0.1, 0.15) is 31.1 Å². The number of para-hydroxylation sites is 1. The summed E-state index contributed by atoms with van der Waals surface area (Å²) in [5.74, 6) is 0.309. The maximum Gasteiger partial charge on any atom is 0.412 e. The van der Waals surface area contributed by atoms with Gasteiger partial charge in [0.1, 0.15) is 17.0 Å². The number of hydrogen-bond donors (Lipinski definition) is 4. The predicted molar refractivity (Wildman–Crippen MR) is 125 cm³/mol. The Bertz CT molecular complexity index is 1100. The van der Waals surface area contributed by atoms with E-state index in [1.165, 1.54) is 13.2 Å².